The lowest BCUT2D eigenvalue weighted by Crippen LogP contribution is -2.59. The highest BCUT2D eigenvalue weighted by Crippen LogP contribution is 2.32. The number of hydrogen-bond donors (Lipinski definition) is 0. The second-order valence-electron chi connectivity index (χ2n) is 7.90. The Morgan fingerprint density at radius 2 is 0.943 bits per heavy atom. The molecule has 0 amide bonds. The lowest BCUT2D eigenvalue weighted by Gasteiger charge is -2.42. The summed E-state index contributed by atoms with van der Waals surface area (Å²) in [6.45, 7) is 1.69. The standard InChI is InChI=1S/C27H23BrO7/c1-17-21(33-25(29)18-11-5-2-6-12-18)22(34-26(30)19-13-7-3-8-14-19)23(24(28)32-17)35-27(31)20-15-9-4-10-16-20/h2-17,21-24H,1H3/t17-,21-,22+,23+,24+/m1/s1. The lowest BCUT2D eigenvalue weighted by atomic mass is 9.99. The van der Waals surface area contributed by atoms with Gasteiger partial charge in [0.25, 0.3) is 0 Å². The van der Waals surface area contributed by atoms with Gasteiger partial charge in [0.15, 0.2) is 23.3 Å². The zero-order valence-corrected chi connectivity index (χ0v) is 20.4. The monoisotopic (exact) mass is 538 g/mol. The quantitative estimate of drug-likeness (QED) is 0.253. The molecule has 0 radical (unpaired) electrons. The first kappa shape index (κ1) is 24.6. The van der Waals surface area contributed by atoms with Gasteiger partial charge in [0.2, 0.25) is 0 Å². The summed E-state index contributed by atoms with van der Waals surface area (Å²) in [5.74, 6) is -1.90. The molecule has 180 valence electrons. The van der Waals surface area contributed by atoms with Gasteiger partial charge in [-0.3, -0.25) is 0 Å². The van der Waals surface area contributed by atoms with E-state index in [0.717, 1.165) is 0 Å². The molecule has 0 spiro atoms. The Bertz CT molecular complexity index is 1090. The van der Waals surface area contributed by atoms with Crippen molar-refractivity contribution in [1.29, 1.82) is 0 Å². The Hall–Kier alpha value is -3.49. The van der Waals surface area contributed by atoms with E-state index in [2.05, 4.69) is 15.9 Å². The van der Waals surface area contributed by atoms with Crippen LogP contribution in [-0.2, 0) is 18.9 Å². The predicted molar refractivity (Wildman–Crippen MR) is 130 cm³/mol. The number of benzene rings is 3. The molecule has 1 saturated heterocycles. The number of hydrogen-bond acceptors (Lipinski definition) is 7. The normalized spacial score (nSPS) is 23.7. The fraction of sp³-hybridized carbons (Fsp3) is 0.222. The van der Waals surface area contributed by atoms with Crippen molar-refractivity contribution in [2.75, 3.05) is 0 Å². The first-order valence-electron chi connectivity index (χ1n) is 11.0. The van der Waals surface area contributed by atoms with Gasteiger partial charge in [-0.2, -0.15) is 0 Å². The molecule has 0 aromatic heterocycles. The van der Waals surface area contributed by atoms with Crippen LogP contribution in [0.3, 0.4) is 0 Å². The van der Waals surface area contributed by atoms with Crippen LogP contribution in [0, 0.1) is 0 Å². The molecular weight excluding hydrogens is 516 g/mol. The third-order valence-corrected chi connectivity index (χ3v) is 6.21. The zero-order chi connectivity index (χ0) is 24.8. The molecule has 8 heteroatoms. The smallest absolute Gasteiger partial charge is 0.338 e. The molecule has 1 heterocycles. The minimum atomic E-state index is -1.14. The predicted octanol–water partition coefficient (Wildman–Crippen LogP) is 4.80. The highest BCUT2D eigenvalue weighted by Gasteiger charge is 2.50. The molecule has 4 rings (SSSR count). The average molecular weight is 539 g/mol. The van der Waals surface area contributed by atoms with Crippen molar-refractivity contribution in [2.45, 2.75) is 36.4 Å². The van der Waals surface area contributed by atoms with Crippen molar-refractivity contribution < 1.29 is 33.3 Å². The van der Waals surface area contributed by atoms with Crippen molar-refractivity contribution >= 4 is 33.8 Å². The van der Waals surface area contributed by atoms with Gasteiger partial charge in [-0.15, -0.1) is 0 Å². The maximum Gasteiger partial charge on any atom is 0.338 e. The Labute approximate surface area is 211 Å². The van der Waals surface area contributed by atoms with Crippen LogP contribution in [0.4, 0.5) is 0 Å². The molecule has 7 nitrogen and oxygen atoms in total. The molecule has 1 aliphatic rings. The number of alkyl halides is 1. The van der Waals surface area contributed by atoms with Gasteiger partial charge in [0.05, 0.1) is 22.8 Å². The van der Waals surface area contributed by atoms with Crippen LogP contribution in [0.25, 0.3) is 0 Å². The van der Waals surface area contributed by atoms with Gasteiger partial charge >= 0.3 is 17.9 Å². The molecule has 3 aromatic rings. The van der Waals surface area contributed by atoms with E-state index in [1.807, 2.05) is 0 Å². The van der Waals surface area contributed by atoms with E-state index in [1.54, 1.807) is 97.9 Å². The first-order valence-corrected chi connectivity index (χ1v) is 11.9. The van der Waals surface area contributed by atoms with E-state index in [-0.39, 0.29) is 0 Å². The molecule has 0 saturated carbocycles. The van der Waals surface area contributed by atoms with Crippen LogP contribution in [0.15, 0.2) is 91.0 Å². The summed E-state index contributed by atoms with van der Waals surface area (Å²) in [7, 11) is 0. The molecule has 0 unspecified atom stereocenters. The summed E-state index contributed by atoms with van der Waals surface area (Å²) in [5.41, 5.74) is 0.947. The molecule has 35 heavy (non-hydrogen) atoms. The minimum Gasteiger partial charge on any atom is -0.452 e. The number of carbonyl (C=O) groups excluding carboxylic acids is 3. The molecule has 1 fully saturated rings. The van der Waals surface area contributed by atoms with Crippen LogP contribution in [0.2, 0.25) is 0 Å². The Morgan fingerprint density at radius 1 is 0.600 bits per heavy atom. The highest BCUT2D eigenvalue weighted by atomic mass is 79.9. The van der Waals surface area contributed by atoms with Crippen molar-refractivity contribution in [3.8, 4) is 0 Å². The van der Waals surface area contributed by atoms with E-state index in [1.165, 1.54) is 0 Å². The summed E-state index contributed by atoms with van der Waals surface area (Å²) in [4.78, 5) is 38.7. The topological polar surface area (TPSA) is 88.1 Å². The van der Waals surface area contributed by atoms with E-state index < -0.39 is 47.3 Å². The molecule has 0 N–H and O–H groups in total. The van der Waals surface area contributed by atoms with Crippen molar-refractivity contribution in [2.24, 2.45) is 0 Å². The van der Waals surface area contributed by atoms with Crippen molar-refractivity contribution in [3.05, 3.63) is 108 Å². The van der Waals surface area contributed by atoms with E-state index in [0.29, 0.717) is 16.7 Å². The van der Waals surface area contributed by atoms with Crippen LogP contribution in [0.5, 0.6) is 0 Å². The first-order chi connectivity index (χ1) is 16.9. The fourth-order valence-electron chi connectivity index (χ4n) is 3.68. The van der Waals surface area contributed by atoms with Crippen LogP contribution >= 0.6 is 15.9 Å². The summed E-state index contributed by atoms with van der Waals surface area (Å²) in [6, 6.07) is 25.2. The SMILES string of the molecule is C[C@H]1O[C@H](Br)[C@@H](OC(=O)c2ccccc2)[C@@H](OC(=O)c2ccccc2)[C@@H]1OC(=O)c1ccccc1. The fourth-order valence-corrected chi connectivity index (χ4v) is 4.43. The number of esters is 3. The molecular formula is C27H23BrO7. The maximum absolute atomic E-state index is 13.0. The zero-order valence-electron chi connectivity index (χ0n) is 18.8. The Kier molecular flexibility index (Phi) is 7.94. The summed E-state index contributed by atoms with van der Waals surface area (Å²) in [5, 5.41) is -0.814. The largest absolute Gasteiger partial charge is 0.452 e. The third-order valence-electron chi connectivity index (χ3n) is 5.47. The third kappa shape index (κ3) is 5.96. The van der Waals surface area contributed by atoms with Gasteiger partial charge in [-0.25, -0.2) is 14.4 Å². The summed E-state index contributed by atoms with van der Waals surface area (Å²) < 4.78 is 23.2. The Morgan fingerprint density at radius 3 is 1.34 bits per heavy atom. The van der Waals surface area contributed by atoms with Crippen LogP contribution in [0.1, 0.15) is 38.0 Å². The number of halogens is 1. The number of carbonyl (C=O) groups is 3. The van der Waals surface area contributed by atoms with Crippen molar-refractivity contribution in [3.63, 3.8) is 0 Å². The molecule has 1 aliphatic heterocycles. The van der Waals surface area contributed by atoms with Gasteiger partial charge in [-0.1, -0.05) is 70.5 Å². The second kappa shape index (κ2) is 11.3. The summed E-state index contributed by atoms with van der Waals surface area (Å²) >= 11 is 3.39. The van der Waals surface area contributed by atoms with Gasteiger partial charge in [0, 0.05) is 0 Å². The number of ether oxygens (including phenoxy) is 4. The van der Waals surface area contributed by atoms with E-state index in [9.17, 15) is 14.4 Å². The Balaban J connectivity index is 1.63. The van der Waals surface area contributed by atoms with E-state index in [4.69, 9.17) is 18.9 Å². The molecule has 5 atom stereocenters. The van der Waals surface area contributed by atoms with E-state index >= 15 is 0 Å². The molecule has 0 bridgehead atoms. The summed E-state index contributed by atoms with van der Waals surface area (Å²) in [6.07, 6.45) is -3.96. The molecule has 0 aliphatic carbocycles. The van der Waals surface area contributed by atoms with Crippen LogP contribution < -0.4 is 0 Å². The van der Waals surface area contributed by atoms with Gasteiger partial charge < -0.3 is 18.9 Å². The second-order valence-corrected chi connectivity index (χ2v) is 8.80. The lowest BCUT2D eigenvalue weighted by molar-refractivity contribution is -0.193. The average Bonchev–Trinajstić information content (AvgIpc) is 2.89. The maximum atomic E-state index is 13.0. The highest BCUT2D eigenvalue weighted by molar-refractivity contribution is 9.09. The van der Waals surface area contributed by atoms with Crippen LogP contribution in [-0.4, -0.2) is 47.3 Å². The van der Waals surface area contributed by atoms with Gasteiger partial charge in [-0.05, 0) is 43.3 Å². The van der Waals surface area contributed by atoms with Gasteiger partial charge in [0.1, 0.15) is 0 Å². The minimum absolute atomic E-state index is 0.305. The number of rotatable bonds is 6. The van der Waals surface area contributed by atoms with Crippen molar-refractivity contribution in [1.82, 2.24) is 0 Å². The molecule has 3 aromatic carbocycles.